The van der Waals surface area contributed by atoms with Crippen molar-refractivity contribution in [3.63, 3.8) is 0 Å². The van der Waals surface area contributed by atoms with E-state index in [4.69, 9.17) is 0 Å². The van der Waals surface area contributed by atoms with Crippen LogP contribution < -0.4 is 0 Å². The minimum absolute atomic E-state index is 0.160. The van der Waals surface area contributed by atoms with Crippen LogP contribution >= 0.6 is 0 Å². The van der Waals surface area contributed by atoms with Crippen molar-refractivity contribution in [2.75, 3.05) is 0 Å². The van der Waals surface area contributed by atoms with Gasteiger partial charge in [-0.15, -0.1) is 5.10 Å². The third-order valence-corrected chi connectivity index (χ3v) is 1.83. The Morgan fingerprint density at radius 3 is 2.73 bits per heavy atom. The van der Waals surface area contributed by atoms with Crippen LogP contribution in [0.1, 0.15) is 5.69 Å². The average molecular weight is 216 g/mol. The van der Waals surface area contributed by atoms with Crippen LogP contribution in [-0.2, 0) is 6.54 Å². The summed E-state index contributed by atoms with van der Waals surface area (Å²) in [5.74, 6) is 0. The molecule has 80 valence electrons. The van der Waals surface area contributed by atoms with E-state index in [0.29, 0.717) is 11.2 Å². The number of aromatic nitrogens is 4. The van der Waals surface area contributed by atoms with Crippen molar-refractivity contribution in [1.82, 2.24) is 20.0 Å². The third kappa shape index (κ3) is 2.05. The maximum Gasteiger partial charge on any atom is 0.408 e. The smallest absolute Gasteiger partial charge is 0.232 e. The lowest BCUT2D eigenvalue weighted by Crippen LogP contribution is -2.19. The summed E-state index contributed by atoms with van der Waals surface area (Å²) < 4.78 is 37.1. The lowest BCUT2D eigenvalue weighted by atomic mass is 10.3. The summed E-state index contributed by atoms with van der Waals surface area (Å²) in [7, 11) is 0. The number of hydrogen-bond acceptors (Lipinski definition) is 3. The van der Waals surface area contributed by atoms with E-state index in [1.165, 1.54) is 0 Å². The zero-order valence-corrected chi connectivity index (χ0v) is 7.78. The monoisotopic (exact) mass is 216 g/mol. The Hall–Kier alpha value is -1.66. The van der Waals surface area contributed by atoms with Gasteiger partial charge in [-0.05, 0) is 19.1 Å². The van der Waals surface area contributed by atoms with Crippen LogP contribution in [0, 0.1) is 6.92 Å². The second-order valence-corrected chi connectivity index (χ2v) is 3.16. The molecule has 2 aromatic rings. The molecular weight excluding hydrogens is 209 g/mol. The van der Waals surface area contributed by atoms with E-state index in [0.717, 1.165) is 4.68 Å². The predicted molar refractivity (Wildman–Crippen MR) is 46.1 cm³/mol. The number of alkyl halides is 3. The molecule has 2 rings (SSSR count). The fourth-order valence-corrected chi connectivity index (χ4v) is 1.22. The normalized spacial score (nSPS) is 12.3. The first kappa shape index (κ1) is 9.88. The van der Waals surface area contributed by atoms with E-state index in [-0.39, 0.29) is 5.65 Å². The zero-order valence-electron chi connectivity index (χ0n) is 7.78. The molecule has 0 radical (unpaired) electrons. The molecule has 0 aromatic carbocycles. The van der Waals surface area contributed by atoms with Gasteiger partial charge in [-0.1, -0.05) is 5.21 Å². The van der Waals surface area contributed by atoms with Crippen molar-refractivity contribution in [2.45, 2.75) is 19.6 Å². The first-order valence-corrected chi connectivity index (χ1v) is 4.19. The van der Waals surface area contributed by atoms with E-state index in [1.807, 2.05) is 0 Å². The van der Waals surface area contributed by atoms with Crippen LogP contribution in [0.25, 0.3) is 11.2 Å². The van der Waals surface area contributed by atoms with Crippen LogP contribution in [0.5, 0.6) is 0 Å². The van der Waals surface area contributed by atoms with Gasteiger partial charge < -0.3 is 0 Å². The van der Waals surface area contributed by atoms with Gasteiger partial charge in [0.25, 0.3) is 0 Å². The van der Waals surface area contributed by atoms with Gasteiger partial charge in [0.2, 0.25) is 0 Å². The molecule has 0 atom stereocenters. The highest BCUT2D eigenvalue weighted by Gasteiger charge is 2.29. The van der Waals surface area contributed by atoms with Crippen molar-refractivity contribution in [1.29, 1.82) is 0 Å². The van der Waals surface area contributed by atoms with Gasteiger partial charge in [0, 0.05) is 5.69 Å². The largest absolute Gasteiger partial charge is 0.408 e. The molecule has 2 aromatic heterocycles. The SMILES string of the molecule is Cc1ccc2nnn(CC(F)(F)F)c2n1. The summed E-state index contributed by atoms with van der Waals surface area (Å²) in [5, 5.41) is 7.00. The molecule has 0 saturated heterocycles. The summed E-state index contributed by atoms with van der Waals surface area (Å²) >= 11 is 0. The molecule has 0 aliphatic rings. The van der Waals surface area contributed by atoms with Crippen molar-refractivity contribution in [2.24, 2.45) is 0 Å². The first-order chi connectivity index (χ1) is 6.96. The van der Waals surface area contributed by atoms with E-state index >= 15 is 0 Å². The van der Waals surface area contributed by atoms with E-state index in [1.54, 1.807) is 19.1 Å². The van der Waals surface area contributed by atoms with Gasteiger partial charge >= 0.3 is 6.18 Å². The zero-order chi connectivity index (χ0) is 11.1. The fourth-order valence-electron chi connectivity index (χ4n) is 1.22. The number of fused-ring (bicyclic) bond motifs is 1. The molecular formula is C8H7F3N4. The standard InChI is InChI=1S/C8H7F3N4/c1-5-2-3-6-7(12-5)15(14-13-6)4-8(9,10)11/h2-3H,4H2,1H3. The number of nitrogens with zero attached hydrogens (tertiary/aromatic N) is 4. The van der Waals surface area contributed by atoms with Crippen LogP contribution in [-0.4, -0.2) is 26.2 Å². The summed E-state index contributed by atoms with van der Waals surface area (Å²) in [4.78, 5) is 3.96. The van der Waals surface area contributed by atoms with Gasteiger partial charge in [-0.2, -0.15) is 13.2 Å². The topological polar surface area (TPSA) is 43.6 Å². The van der Waals surface area contributed by atoms with Crippen molar-refractivity contribution in [3.8, 4) is 0 Å². The molecule has 0 saturated carbocycles. The number of aryl methyl sites for hydroxylation is 1. The van der Waals surface area contributed by atoms with Crippen LogP contribution in [0.2, 0.25) is 0 Å². The predicted octanol–water partition coefficient (Wildman–Crippen LogP) is 1.70. The molecule has 0 spiro atoms. The van der Waals surface area contributed by atoms with Gasteiger partial charge in [0.15, 0.2) is 5.65 Å². The molecule has 0 aliphatic carbocycles. The molecule has 0 fully saturated rings. The molecule has 15 heavy (non-hydrogen) atoms. The molecule has 4 nitrogen and oxygen atoms in total. The summed E-state index contributed by atoms with van der Waals surface area (Å²) in [5.41, 5.74) is 1.16. The minimum Gasteiger partial charge on any atom is -0.232 e. The van der Waals surface area contributed by atoms with Gasteiger partial charge in [-0.25, -0.2) is 9.67 Å². The Balaban J connectivity index is 2.48. The highest BCUT2D eigenvalue weighted by atomic mass is 19.4. The van der Waals surface area contributed by atoms with Gasteiger partial charge in [-0.3, -0.25) is 0 Å². The lowest BCUT2D eigenvalue weighted by Gasteiger charge is -2.05. The van der Waals surface area contributed by atoms with Crippen LogP contribution in [0.15, 0.2) is 12.1 Å². The van der Waals surface area contributed by atoms with Crippen LogP contribution in [0.3, 0.4) is 0 Å². The van der Waals surface area contributed by atoms with Crippen LogP contribution in [0.4, 0.5) is 13.2 Å². The quantitative estimate of drug-likeness (QED) is 0.728. The Morgan fingerprint density at radius 2 is 2.07 bits per heavy atom. The maximum absolute atomic E-state index is 12.1. The van der Waals surface area contributed by atoms with Gasteiger partial charge in [0.05, 0.1) is 0 Å². The minimum atomic E-state index is -4.31. The average Bonchev–Trinajstić information content (AvgIpc) is 2.46. The molecule has 0 aliphatic heterocycles. The molecule has 0 amide bonds. The van der Waals surface area contributed by atoms with E-state index in [2.05, 4.69) is 15.3 Å². The highest BCUT2D eigenvalue weighted by Crippen LogP contribution is 2.19. The van der Waals surface area contributed by atoms with E-state index in [9.17, 15) is 13.2 Å². The molecule has 0 unspecified atom stereocenters. The summed E-state index contributed by atoms with van der Waals surface area (Å²) in [6.07, 6.45) is -4.31. The number of hydrogen-bond donors (Lipinski definition) is 0. The van der Waals surface area contributed by atoms with Crippen molar-refractivity contribution < 1.29 is 13.2 Å². The number of rotatable bonds is 1. The first-order valence-electron chi connectivity index (χ1n) is 4.19. The molecule has 2 heterocycles. The maximum atomic E-state index is 12.1. The fraction of sp³-hybridized carbons (Fsp3) is 0.375. The van der Waals surface area contributed by atoms with Crippen molar-refractivity contribution >= 4 is 11.2 Å². The second kappa shape index (κ2) is 3.18. The Bertz CT molecular complexity index is 488. The van der Waals surface area contributed by atoms with Crippen molar-refractivity contribution in [3.05, 3.63) is 17.8 Å². The highest BCUT2D eigenvalue weighted by molar-refractivity contribution is 5.69. The number of halogens is 3. The Morgan fingerprint density at radius 1 is 1.33 bits per heavy atom. The summed E-state index contributed by atoms with van der Waals surface area (Å²) in [6.45, 7) is 0.532. The third-order valence-electron chi connectivity index (χ3n) is 1.83. The Labute approximate surface area is 82.7 Å². The molecule has 0 N–H and O–H groups in total. The summed E-state index contributed by atoms with van der Waals surface area (Å²) in [6, 6.07) is 3.27. The Kier molecular flexibility index (Phi) is 2.09. The number of pyridine rings is 1. The van der Waals surface area contributed by atoms with E-state index < -0.39 is 12.7 Å². The second-order valence-electron chi connectivity index (χ2n) is 3.16. The van der Waals surface area contributed by atoms with Gasteiger partial charge in [0.1, 0.15) is 12.1 Å². The molecule has 7 heteroatoms. The molecule has 0 bridgehead atoms. The lowest BCUT2D eigenvalue weighted by molar-refractivity contribution is -0.142.